The van der Waals surface area contributed by atoms with Crippen molar-refractivity contribution in [2.75, 3.05) is 11.9 Å². The quantitative estimate of drug-likeness (QED) is 0.721. The average Bonchev–Trinajstić information content (AvgIpc) is 2.88. The van der Waals surface area contributed by atoms with E-state index in [0.29, 0.717) is 5.75 Å². The van der Waals surface area contributed by atoms with Crippen LogP contribution >= 0.6 is 0 Å². The van der Waals surface area contributed by atoms with Crippen LogP contribution in [-0.4, -0.2) is 22.3 Å². The minimum atomic E-state index is -0.178. The van der Waals surface area contributed by atoms with E-state index in [2.05, 4.69) is 17.3 Å². The molecular weight excluding hydrogens is 338 g/mol. The third-order valence-corrected chi connectivity index (χ3v) is 4.64. The molecule has 1 heterocycles. The van der Waals surface area contributed by atoms with Crippen LogP contribution in [0, 0.1) is 20.8 Å². The lowest BCUT2D eigenvalue weighted by Gasteiger charge is -2.09. The van der Waals surface area contributed by atoms with E-state index in [1.54, 1.807) is 0 Å². The van der Waals surface area contributed by atoms with Gasteiger partial charge in [0.05, 0.1) is 5.69 Å². The van der Waals surface area contributed by atoms with Crippen LogP contribution in [0.5, 0.6) is 5.75 Å². The normalized spacial score (nSPS) is 10.7. The van der Waals surface area contributed by atoms with Gasteiger partial charge in [-0.2, -0.15) is 5.10 Å². The summed E-state index contributed by atoms with van der Waals surface area (Å²) in [6.45, 7) is 6.09. The molecule has 1 aromatic heterocycles. The molecular formula is C22H25N3O2. The lowest BCUT2D eigenvalue weighted by atomic mass is 10.0. The maximum Gasteiger partial charge on any atom is 0.262 e. The predicted octanol–water partition coefficient (Wildman–Crippen LogP) is 3.95. The molecule has 3 rings (SSSR count). The van der Waals surface area contributed by atoms with Gasteiger partial charge in [0.2, 0.25) is 0 Å². The van der Waals surface area contributed by atoms with E-state index in [9.17, 15) is 4.79 Å². The number of anilines is 1. The lowest BCUT2D eigenvalue weighted by Crippen LogP contribution is -2.20. The summed E-state index contributed by atoms with van der Waals surface area (Å²) in [4.78, 5) is 12.1. The number of aromatic nitrogens is 2. The smallest absolute Gasteiger partial charge is 0.262 e. The number of amides is 1. The first-order valence-electron chi connectivity index (χ1n) is 8.99. The van der Waals surface area contributed by atoms with Crippen molar-refractivity contribution in [2.45, 2.75) is 27.2 Å². The third-order valence-electron chi connectivity index (χ3n) is 4.64. The van der Waals surface area contributed by atoms with E-state index in [0.717, 1.165) is 23.4 Å². The van der Waals surface area contributed by atoms with Gasteiger partial charge in [-0.1, -0.05) is 24.3 Å². The molecule has 0 radical (unpaired) electrons. The molecule has 140 valence electrons. The average molecular weight is 363 g/mol. The zero-order valence-corrected chi connectivity index (χ0v) is 16.2. The summed E-state index contributed by atoms with van der Waals surface area (Å²) in [5.41, 5.74) is 6.53. The zero-order valence-electron chi connectivity index (χ0n) is 16.2. The van der Waals surface area contributed by atoms with E-state index in [1.807, 2.05) is 74.1 Å². The number of carbonyl (C=O) groups is 1. The van der Waals surface area contributed by atoms with Gasteiger partial charge in [-0.25, -0.2) is 0 Å². The van der Waals surface area contributed by atoms with Gasteiger partial charge in [-0.05, 0) is 56.2 Å². The number of aryl methyl sites for hydroxylation is 3. The Hall–Kier alpha value is -3.08. The molecule has 0 fully saturated rings. The molecule has 0 aliphatic heterocycles. The van der Waals surface area contributed by atoms with Gasteiger partial charge in [0.15, 0.2) is 6.61 Å². The molecule has 0 unspecified atom stereocenters. The number of ether oxygens (including phenoxy) is 1. The molecule has 5 heteroatoms. The van der Waals surface area contributed by atoms with Crippen molar-refractivity contribution in [2.24, 2.45) is 7.05 Å². The number of nitrogens with zero attached hydrogens (tertiary/aromatic N) is 2. The highest BCUT2D eigenvalue weighted by atomic mass is 16.5. The minimum absolute atomic E-state index is 0.0146. The van der Waals surface area contributed by atoms with E-state index in [4.69, 9.17) is 4.74 Å². The summed E-state index contributed by atoms with van der Waals surface area (Å²) in [5, 5.41) is 7.32. The fourth-order valence-electron chi connectivity index (χ4n) is 3.03. The van der Waals surface area contributed by atoms with Crippen molar-refractivity contribution < 1.29 is 9.53 Å². The van der Waals surface area contributed by atoms with Gasteiger partial charge in [-0.3, -0.25) is 9.48 Å². The van der Waals surface area contributed by atoms with Crippen molar-refractivity contribution in [1.29, 1.82) is 0 Å². The Kier molecular flexibility index (Phi) is 5.60. The molecule has 2 aromatic carbocycles. The minimum Gasteiger partial charge on any atom is -0.484 e. The van der Waals surface area contributed by atoms with Gasteiger partial charge in [0.25, 0.3) is 5.91 Å². The number of hydrogen-bond acceptors (Lipinski definition) is 3. The highest BCUT2D eigenvalue weighted by Crippen LogP contribution is 2.19. The molecule has 0 saturated heterocycles. The number of benzene rings is 2. The molecule has 0 aliphatic rings. The third kappa shape index (κ3) is 4.76. The second-order valence-corrected chi connectivity index (χ2v) is 6.80. The standard InChI is InChI=1S/C22H25N3O2/c1-15-6-5-7-20(12-15)27-14-22(26)23-19-10-8-18(9-11-19)13-21-16(2)24-25(4)17(21)3/h5-12H,13-14H2,1-4H3,(H,23,26). The largest absolute Gasteiger partial charge is 0.484 e. The highest BCUT2D eigenvalue weighted by molar-refractivity contribution is 5.91. The molecule has 3 aromatic rings. The second kappa shape index (κ2) is 8.08. The molecule has 0 saturated carbocycles. The second-order valence-electron chi connectivity index (χ2n) is 6.80. The summed E-state index contributed by atoms with van der Waals surface area (Å²) < 4.78 is 7.44. The molecule has 0 atom stereocenters. The number of hydrogen-bond donors (Lipinski definition) is 1. The van der Waals surface area contributed by atoms with Crippen LogP contribution in [0.2, 0.25) is 0 Å². The Morgan fingerprint density at radius 2 is 1.85 bits per heavy atom. The topological polar surface area (TPSA) is 56.1 Å². The van der Waals surface area contributed by atoms with Crippen LogP contribution in [-0.2, 0) is 18.3 Å². The fourth-order valence-corrected chi connectivity index (χ4v) is 3.03. The Balaban J connectivity index is 1.56. The molecule has 0 aliphatic carbocycles. The molecule has 5 nitrogen and oxygen atoms in total. The van der Waals surface area contributed by atoms with Crippen LogP contribution in [0.3, 0.4) is 0 Å². The van der Waals surface area contributed by atoms with Gasteiger partial charge < -0.3 is 10.1 Å². The Labute approximate surface area is 160 Å². The molecule has 27 heavy (non-hydrogen) atoms. The Morgan fingerprint density at radius 1 is 1.11 bits per heavy atom. The van der Waals surface area contributed by atoms with Crippen molar-refractivity contribution in [3.63, 3.8) is 0 Å². The number of nitrogens with one attached hydrogen (secondary N) is 1. The first-order valence-corrected chi connectivity index (χ1v) is 8.99. The van der Waals surface area contributed by atoms with Gasteiger partial charge in [0.1, 0.15) is 5.75 Å². The first kappa shape index (κ1) is 18.7. The Bertz CT molecular complexity index is 943. The summed E-state index contributed by atoms with van der Waals surface area (Å²) in [6.07, 6.45) is 0.830. The monoisotopic (exact) mass is 363 g/mol. The molecule has 1 N–H and O–H groups in total. The van der Waals surface area contributed by atoms with E-state index in [1.165, 1.54) is 16.8 Å². The van der Waals surface area contributed by atoms with Crippen molar-refractivity contribution in [3.05, 3.63) is 76.6 Å². The number of rotatable bonds is 6. The number of carbonyl (C=O) groups excluding carboxylic acids is 1. The summed E-state index contributed by atoms with van der Waals surface area (Å²) in [6, 6.07) is 15.5. The van der Waals surface area contributed by atoms with Crippen LogP contribution in [0.4, 0.5) is 5.69 Å². The van der Waals surface area contributed by atoms with Crippen molar-refractivity contribution >= 4 is 11.6 Å². The SMILES string of the molecule is Cc1cccc(OCC(=O)Nc2ccc(Cc3c(C)nn(C)c3C)cc2)c1. The molecule has 0 bridgehead atoms. The summed E-state index contributed by atoms with van der Waals surface area (Å²) in [7, 11) is 1.96. The van der Waals surface area contributed by atoms with E-state index >= 15 is 0 Å². The Morgan fingerprint density at radius 3 is 2.48 bits per heavy atom. The van der Waals surface area contributed by atoms with Crippen LogP contribution < -0.4 is 10.1 Å². The molecule has 1 amide bonds. The lowest BCUT2D eigenvalue weighted by molar-refractivity contribution is -0.118. The van der Waals surface area contributed by atoms with Crippen LogP contribution in [0.15, 0.2) is 48.5 Å². The van der Waals surface area contributed by atoms with E-state index < -0.39 is 0 Å². The van der Waals surface area contributed by atoms with Crippen LogP contribution in [0.1, 0.15) is 28.1 Å². The van der Waals surface area contributed by atoms with Crippen molar-refractivity contribution in [1.82, 2.24) is 9.78 Å². The predicted molar refractivity (Wildman–Crippen MR) is 107 cm³/mol. The zero-order chi connectivity index (χ0) is 19.4. The van der Waals surface area contributed by atoms with Gasteiger partial charge >= 0.3 is 0 Å². The van der Waals surface area contributed by atoms with Gasteiger partial charge in [0, 0.05) is 30.4 Å². The summed E-state index contributed by atoms with van der Waals surface area (Å²) in [5.74, 6) is 0.519. The maximum absolute atomic E-state index is 12.1. The van der Waals surface area contributed by atoms with Crippen molar-refractivity contribution in [3.8, 4) is 5.75 Å². The van der Waals surface area contributed by atoms with Crippen LogP contribution in [0.25, 0.3) is 0 Å². The maximum atomic E-state index is 12.1. The van der Waals surface area contributed by atoms with Gasteiger partial charge in [-0.15, -0.1) is 0 Å². The highest BCUT2D eigenvalue weighted by Gasteiger charge is 2.10. The fraction of sp³-hybridized carbons (Fsp3) is 0.273. The van der Waals surface area contributed by atoms with E-state index in [-0.39, 0.29) is 12.5 Å². The summed E-state index contributed by atoms with van der Waals surface area (Å²) >= 11 is 0. The first-order chi connectivity index (χ1) is 12.9. The molecule has 0 spiro atoms.